The molecule has 1 aromatic heterocycles. The van der Waals surface area contributed by atoms with Crippen LogP contribution in [0.4, 0.5) is 18.9 Å². The summed E-state index contributed by atoms with van der Waals surface area (Å²) in [5, 5.41) is 3.13. The van der Waals surface area contributed by atoms with E-state index in [-0.39, 0.29) is 28.2 Å². The number of aryl methyl sites for hydroxylation is 1. The lowest BCUT2D eigenvalue weighted by atomic mass is 9.98. The summed E-state index contributed by atoms with van der Waals surface area (Å²) in [4.78, 5) is 33.3. The van der Waals surface area contributed by atoms with Crippen molar-refractivity contribution in [2.45, 2.75) is 32.5 Å². The van der Waals surface area contributed by atoms with Crippen LogP contribution < -0.4 is 10.9 Å². The molecule has 2 aromatic carbocycles. The Hall–Kier alpha value is -3.40. The smallest absolute Gasteiger partial charge is 0.380 e. The van der Waals surface area contributed by atoms with E-state index in [2.05, 4.69) is 15.3 Å². The summed E-state index contributed by atoms with van der Waals surface area (Å²) in [6.07, 6.45) is -3.85. The van der Waals surface area contributed by atoms with Gasteiger partial charge in [0.2, 0.25) is 0 Å². The number of H-pyrrole nitrogens is 1. The Morgan fingerprint density at radius 3 is 2.62 bits per heavy atom. The van der Waals surface area contributed by atoms with E-state index in [0.29, 0.717) is 37.6 Å². The number of hydrogen-bond acceptors (Lipinski definition) is 5. The van der Waals surface area contributed by atoms with E-state index in [1.54, 1.807) is 36.1 Å². The van der Waals surface area contributed by atoms with Crippen LogP contribution in [0, 0.1) is 6.92 Å². The SMILES string of the molecule is Cc1nc2cc(C(F)(F)F)c([C@H](C)Nc3ccc(C(=O)N4CCCOCC4)cc3)cc2c(=O)[nH]1. The Morgan fingerprint density at radius 1 is 1.18 bits per heavy atom. The molecule has 0 unspecified atom stereocenters. The predicted molar refractivity (Wildman–Crippen MR) is 122 cm³/mol. The molecule has 34 heavy (non-hydrogen) atoms. The number of aromatic nitrogens is 2. The van der Waals surface area contributed by atoms with Gasteiger partial charge in [-0.25, -0.2) is 4.98 Å². The third kappa shape index (κ3) is 5.06. The summed E-state index contributed by atoms with van der Waals surface area (Å²) in [7, 11) is 0. The monoisotopic (exact) mass is 474 g/mol. The highest BCUT2D eigenvalue weighted by molar-refractivity contribution is 5.94. The van der Waals surface area contributed by atoms with E-state index >= 15 is 0 Å². The fraction of sp³-hybridized carbons (Fsp3) is 0.375. The predicted octanol–water partition coefficient (Wildman–Crippen LogP) is 4.29. The number of fused-ring (bicyclic) bond motifs is 1. The van der Waals surface area contributed by atoms with E-state index in [9.17, 15) is 22.8 Å². The second-order valence-corrected chi connectivity index (χ2v) is 8.31. The molecule has 4 rings (SSSR count). The molecule has 3 aromatic rings. The molecule has 0 spiro atoms. The number of nitrogens with one attached hydrogen (secondary N) is 2. The van der Waals surface area contributed by atoms with Gasteiger partial charge in [-0.1, -0.05) is 0 Å². The van der Waals surface area contributed by atoms with Crippen LogP contribution in [0.2, 0.25) is 0 Å². The normalized spacial score (nSPS) is 15.7. The zero-order chi connectivity index (χ0) is 24.5. The summed E-state index contributed by atoms with van der Waals surface area (Å²) in [6, 6.07) is 7.98. The fourth-order valence-corrected chi connectivity index (χ4v) is 4.09. The van der Waals surface area contributed by atoms with Crippen molar-refractivity contribution in [3.05, 3.63) is 69.3 Å². The number of anilines is 1. The Morgan fingerprint density at radius 2 is 1.91 bits per heavy atom. The van der Waals surface area contributed by atoms with Crippen molar-refractivity contribution in [2.24, 2.45) is 0 Å². The number of carbonyl (C=O) groups is 1. The second kappa shape index (κ2) is 9.46. The van der Waals surface area contributed by atoms with Crippen molar-refractivity contribution in [3.8, 4) is 0 Å². The van der Waals surface area contributed by atoms with Gasteiger partial charge in [0, 0.05) is 37.0 Å². The minimum absolute atomic E-state index is 0.00805. The van der Waals surface area contributed by atoms with Gasteiger partial charge in [0.15, 0.2) is 0 Å². The minimum Gasteiger partial charge on any atom is -0.380 e. The molecule has 0 radical (unpaired) electrons. The highest BCUT2D eigenvalue weighted by atomic mass is 19.4. The molecule has 1 aliphatic rings. The Balaban J connectivity index is 1.59. The van der Waals surface area contributed by atoms with Crippen LogP contribution in [-0.4, -0.2) is 47.1 Å². The van der Waals surface area contributed by atoms with Gasteiger partial charge in [0.05, 0.1) is 23.1 Å². The summed E-state index contributed by atoms with van der Waals surface area (Å²) in [5.41, 5.74) is -0.381. The quantitative estimate of drug-likeness (QED) is 0.589. The number of rotatable bonds is 4. The third-order valence-electron chi connectivity index (χ3n) is 5.79. The number of nitrogens with zero attached hydrogens (tertiary/aromatic N) is 2. The third-order valence-corrected chi connectivity index (χ3v) is 5.79. The van der Waals surface area contributed by atoms with Gasteiger partial charge in [-0.05, 0) is 62.2 Å². The first kappa shape index (κ1) is 23.7. The van der Waals surface area contributed by atoms with Gasteiger partial charge < -0.3 is 19.9 Å². The van der Waals surface area contributed by atoms with Crippen LogP contribution in [0.5, 0.6) is 0 Å². The van der Waals surface area contributed by atoms with Crippen molar-refractivity contribution in [1.82, 2.24) is 14.9 Å². The zero-order valence-corrected chi connectivity index (χ0v) is 18.8. The van der Waals surface area contributed by atoms with Gasteiger partial charge in [0.25, 0.3) is 11.5 Å². The molecule has 1 atom stereocenters. The molecule has 180 valence electrons. The molecule has 1 fully saturated rings. The summed E-state index contributed by atoms with van der Waals surface area (Å²) in [5.74, 6) is 0.132. The van der Waals surface area contributed by atoms with Crippen molar-refractivity contribution in [1.29, 1.82) is 0 Å². The second-order valence-electron chi connectivity index (χ2n) is 8.31. The molecule has 2 heterocycles. The summed E-state index contributed by atoms with van der Waals surface area (Å²) < 4.78 is 46.9. The average Bonchev–Trinajstić information content (AvgIpc) is 3.07. The number of hydrogen-bond donors (Lipinski definition) is 2. The maximum absolute atomic E-state index is 13.8. The Bertz CT molecular complexity index is 1250. The van der Waals surface area contributed by atoms with Crippen LogP contribution in [0.1, 0.15) is 46.7 Å². The first-order valence-electron chi connectivity index (χ1n) is 11.0. The minimum atomic E-state index is -4.62. The van der Waals surface area contributed by atoms with Crippen molar-refractivity contribution in [2.75, 3.05) is 31.6 Å². The molecule has 10 heteroatoms. The van der Waals surface area contributed by atoms with Crippen LogP contribution in [0.25, 0.3) is 10.9 Å². The molecule has 7 nitrogen and oxygen atoms in total. The maximum Gasteiger partial charge on any atom is 0.416 e. The lowest BCUT2D eigenvalue weighted by molar-refractivity contribution is -0.138. The highest BCUT2D eigenvalue weighted by Gasteiger charge is 2.35. The molecule has 1 amide bonds. The molecular weight excluding hydrogens is 449 g/mol. The molecule has 0 bridgehead atoms. The molecule has 0 aliphatic carbocycles. The van der Waals surface area contributed by atoms with Gasteiger partial charge in [-0.2, -0.15) is 13.2 Å². The maximum atomic E-state index is 13.8. The number of ether oxygens (including phenoxy) is 1. The van der Waals surface area contributed by atoms with Gasteiger partial charge in [-0.3, -0.25) is 9.59 Å². The number of carbonyl (C=O) groups excluding carboxylic acids is 1. The van der Waals surface area contributed by atoms with Gasteiger partial charge in [-0.15, -0.1) is 0 Å². The van der Waals surface area contributed by atoms with Crippen LogP contribution in [0.15, 0.2) is 41.2 Å². The molecule has 0 saturated carbocycles. The zero-order valence-electron chi connectivity index (χ0n) is 18.8. The largest absolute Gasteiger partial charge is 0.416 e. The Kier molecular flexibility index (Phi) is 6.60. The molecule has 2 N–H and O–H groups in total. The number of aromatic amines is 1. The van der Waals surface area contributed by atoms with E-state index in [4.69, 9.17) is 4.74 Å². The van der Waals surface area contributed by atoms with Gasteiger partial charge in [0.1, 0.15) is 5.82 Å². The van der Waals surface area contributed by atoms with E-state index in [0.717, 1.165) is 12.5 Å². The van der Waals surface area contributed by atoms with Gasteiger partial charge >= 0.3 is 6.18 Å². The molecule has 1 saturated heterocycles. The lowest BCUT2D eigenvalue weighted by Gasteiger charge is -2.22. The molecule has 1 aliphatic heterocycles. The lowest BCUT2D eigenvalue weighted by Crippen LogP contribution is -2.33. The van der Waals surface area contributed by atoms with E-state index in [1.165, 1.54) is 13.0 Å². The summed E-state index contributed by atoms with van der Waals surface area (Å²) >= 11 is 0. The van der Waals surface area contributed by atoms with Crippen LogP contribution >= 0.6 is 0 Å². The fourth-order valence-electron chi connectivity index (χ4n) is 4.09. The van der Waals surface area contributed by atoms with Crippen LogP contribution in [-0.2, 0) is 10.9 Å². The standard InChI is InChI=1S/C24H25F3N4O3/c1-14(18-12-19-21(13-20(18)24(25,26)27)29-15(2)30-22(19)32)28-17-6-4-16(5-7-17)23(33)31-8-3-10-34-11-9-31/h4-7,12-14,28H,3,8-11H2,1-2H3,(H,29,30,32)/t14-/m0/s1. The number of alkyl halides is 3. The number of benzene rings is 2. The average molecular weight is 474 g/mol. The van der Waals surface area contributed by atoms with Crippen molar-refractivity contribution in [3.63, 3.8) is 0 Å². The van der Waals surface area contributed by atoms with Crippen LogP contribution in [0.3, 0.4) is 0 Å². The molecular formula is C24H25F3N4O3. The number of halogens is 3. The van der Waals surface area contributed by atoms with E-state index < -0.39 is 23.3 Å². The summed E-state index contributed by atoms with van der Waals surface area (Å²) in [6.45, 7) is 5.36. The number of amides is 1. The van der Waals surface area contributed by atoms with Crippen molar-refractivity contribution >= 4 is 22.5 Å². The highest BCUT2D eigenvalue weighted by Crippen LogP contribution is 2.37. The Labute approximate surface area is 193 Å². The van der Waals surface area contributed by atoms with E-state index in [1.807, 2.05) is 0 Å². The first-order chi connectivity index (χ1) is 16.1. The van der Waals surface area contributed by atoms with Crippen molar-refractivity contribution < 1.29 is 22.7 Å². The topological polar surface area (TPSA) is 87.3 Å². The first-order valence-corrected chi connectivity index (χ1v) is 11.0.